The van der Waals surface area contributed by atoms with Crippen molar-refractivity contribution in [3.63, 3.8) is 0 Å². The molecule has 38 valence electrons. The van der Waals surface area contributed by atoms with Crippen molar-refractivity contribution in [1.82, 2.24) is 0 Å². The highest BCUT2D eigenvalue weighted by Crippen LogP contribution is 2.08. The summed E-state index contributed by atoms with van der Waals surface area (Å²) in [5.41, 5.74) is 0. The summed E-state index contributed by atoms with van der Waals surface area (Å²) in [5, 5.41) is 7.90. The molecule has 0 radical (unpaired) electrons. The molecule has 2 N–H and O–H groups in total. The van der Waals surface area contributed by atoms with Gasteiger partial charge < -0.3 is 10.00 Å². The molecule has 1 atom stereocenters. The minimum absolute atomic E-state index is 0.0324. The monoisotopic (exact) mass is 110 g/mol. The van der Waals surface area contributed by atoms with Gasteiger partial charge in [-0.05, 0) is 0 Å². The molecule has 0 aromatic rings. The lowest BCUT2D eigenvalue weighted by atomic mass is 10.9. The third-order valence-electron chi connectivity index (χ3n) is 0.326. The average molecular weight is 110 g/mol. The Kier molecular flexibility index (Phi) is 3.43. The number of hydrogen-bond acceptors (Lipinski definition) is 2. The zero-order valence-electron chi connectivity index (χ0n) is 3.22. The standard InChI is InChI=1S/C2H7O3P/c3-1-2-6(4)5/h3,6H,1-2H2,(H,4,5). The van der Waals surface area contributed by atoms with Crippen molar-refractivity contribution in [3.8, 4) is 0 Å². The van der Waals surface area contributed by atoms with E-state index in [9.17, 15) is 4.57 Å². The van der Waals surface area contributed by atoms with Crippen molar-refractivity contribution < 1.29 is 14.6 Å². The SMILES string of the molecule is O=[PH](O)CCO. The first-order valence-corrected chi connectivity index (χ1v) is 3.16. The van der Waals surface area contributed by atoms with Crippen LogP contribution in [0, 0.1) is 0 Å². The zero-order valence-corrected chi connectivity index (χ0v) is 4.22. The molecule has 1 unspecified atom stereocenters. The smallest absolute Gasteiger partial charge is 0.191 e. The summed E-state index contributed by atoms with van der Waals surface area (Å²) in [6, 6.07) is 0. The fourth-order valence-corrected chi connectivity index (χ4v) is 0.287. The van der Waals surface area contributed by atoms with E-state index in [1.807, 2.05) is 0 Å². The van der Waals surface area contributed by atoms with E-state index in [0.717, 1.165) is 0 Å². The molecule has 0 aliphatic rings. The second kappa shape index (κ2) is 3.34. The van der Waals surface area contributed by atoms with Crippen LogP contribution in [-0.4, -0.2) is 22.8 Å². The molecule has 0 aromatic heterocycles. The predicted molar refractivity (Wildman–Crippen MR) is 23.2 cm³/mol. The van der Waals surface area contributed by atoms with Gasteiger partial charge in [0.15, 0.2) is 8.03 Å². The molecule has 0 aromatic carbocycles. The summed E-state index contributed by atoms with van der Waals surface area (Å²) < 4.78 is 9.62. The van der Waals surface area contributed by atoms with Crippen molar-refractivity contribution in [3.05, 3.63) is 0 Å². The Morgan fingerprint density at radius 2 is 2.17 bits per heavy atom. The Bertz CT molecular complexity index is 52.8. The minimum Gasteiger partial charge on any atom is -0.396 e. The van der Waals surface area contributed by atoms with E-state index in [1.54, 1.807) is 0 Å². The van der Waals surface area contributed by atoms with Crippen LogP contribution in [0.5, 0.6) is 0 Å². The lowest BCUT2D eigenvalue weighted by Crippen LogP contribution is -1.82. The Hall–Kier alpha value is 0.150. The first-order valence-electron chi connectivity index (χ1n) is 1.60. The van der Waals surface area contributed by atoms with E-state index in [2.05, 4.69) is 0 Å². The van der Waals surface area contributed by atoms with Crippen LogP contribution < -0.4 is 0 Å². The number of aliphatic hydroxyl groups is 1. The maximum atomic E-state index is 9.62. The Morgan fingerprint density at radius 3 is 2.17 bits per heavy atom. The molecule has 0 heterocycles. The van der Waals surface area contributed by atoms with Crippen LogP contribution >= 0.6 is 8.03 Å². The first-order chi connectivity index (χ1) is 2.77. The van der Waals surface area contributed by atoms with E-state index in [4.69, 9.17) is 10.00 Å². The second-order valence-electron chi connectivity index (χ2n) is 0.867. The van der Waals surface area contributed by atoms with E-state index < -0.39 is 8.03 Å². The Morgan fingerprint density at radius 1 is 1.67 bits per heavy atom. The van der Waals surface area contributed by atoms with Crippen molar-refractivity contribution >= 4 is 8.03 Å². The molecular formula is C2H7O3P. The van der Waals surface area contributed by atoms with E-state index in [0.29, 0.717) is 0 Å². The fraction of sp³-hybridized carbons (Fsp3) is 1.00. The normalized spacial score (nSPS) is 14.3. The average Bonchev–Trinajstić information content (AvgIpc) is 1.35. The molecule has 0 aliphatic carbocycles. The van der Waals surface area contributed by atoms with Crippen molar-refractivity contribution in [1.29, 1.82) is 0 Å². The molecule has 0 amide bonds. The van der Waals surface area contributed by atoms with Gasteiger partial charge in [-0.2, -0.15) is 0 Å². The highest BCUT2D eigenvalue weighted by Gasteiger charge is 1.84. The summed E-state index contributed by atoms with van der Waals surface area (Å²) in [5.74, 6) is 0. The van der Waals surface area contributed by atoms with Crippen molar-refractivity contribution in [2.75, 3.05) is 12.8 Å². The largest absolute Gasteiger partial charge is 0.396 e. The quantitative estimate of drug-likeness (QED) is 0.468. The molecule has 4 heteroatoms. The summed E-state index contributed by atoms with van der Waals surface area (Å²) >= 11 is 0. The molecular weight excluding hydrogens is 103 g/mol. The third-order valence-corrected chi connectivity index (χ3v) is 0.977. The summed E-state index contributed by atoms with van der Waals surface area (Å²) in [6.45, 7) is -0.186. The van der Waals surface area contributed by atoms with Crippen LogP contribution in [-0.2, 0) is 4.57 Å². The topological polar surface area (TPSA) is 57.5 Å². The second-order valence-corrected chi connectivity index (χ2v) is 2.15. The number of aliphatic hydroxyl groups excluding tert-OH is 1. The maximum absolute atomic E-state index is 9.62. The van der Waals surface area contributed by atoms with Gasteiger partial charge in [-0.25, -0.2) is 0 Å². The van der Waals surface area contributed by atoms with Crippen LogP contribution in [0.1, 0.15) is 0 Å². The van der Waals surface area contributed by atoms with E-state index in [-0.39, 0.29) is 12.8 Å². The highest BCUT2D eigenvalue weighted by atomic mass is 31.1. The van der Waals surface area contributed by atoms with Gasteiger partial charge in [-0.15, -0.1) is 0 Å². The number of hydrogen-bond donors (Lipinski definition) is 2. The van der Waals surface area contributed by atoms with Gasteiger partial charge in [-0.3, -0.25) is 4.57 Å². The van der Waals surface area contributed by atoms with Gasteiger partial charge in [0.2, 0.25) is 0 Å². The Balaban J connectivity index is 2.83. The van der Waals surface area contributed by atoms with Gasteiger partial charge in [0.05, 0.1) is 6.61 Å². The first kappa shape index (κ1) is 6.15. The molecule has 0 spiro atoms. The molecule has 0 fully saturated rings. The van der Waals surface area contributed by atoms with Crippen molar-refractivity contribution in [2.24, 2.45) is 0 Å². The van der Waals surface area contributed by atoms with Gasteiger partial charge in [0, 0.05) is 6.16 Å². The summed E-state index contributed by atoms with van der Waals surface area (Å²) in [6.07, 6.45) is 0.0324. The fourth-order valence-electron chi connectivity index (χ4n) is 0.0956. The van der Waals surface area contributed by atoms with E-state index >= 15 is 0 Å². The van der Waals surface area contributed by atoms with E-state index in [1.165, 1.54) is 0 Å². The van der Waals surface area contributed by atoms with Crippen LogP contribution in [0.25, 0.3) is 0 Å². The lowest BCUT2D eigenvalue weighted by Gasteiger charge is -1.82. The van der Waals surface area contributed by atoms with Crippen LogP contribution in [0.4, 0.5) is 0 Å². The van der Waals surface area contributed by atoms with Gasteiger partial charge >= 0.3 is 0 Å². The third kappa shape index (κ3) is 4.15. The van der Waals surface area contributed by atoms with Crippen molar-refractivity contribution in [2.45, 2.75) is 0 Å². The Labute approximate surface area is 36.5 Å². The molecule has 6 heavy (non-hydrogen) atoms. The summed E-state index contributed by atoms with van der Waals surface area (Å²) in [7, 11) is -2.39. The molecule has 0 saturated carbocycles. The van der Waals surface area contributed by atoms with Crippen LogP contribution in [0.15, 0.2) is 0 Å². The van der Waals surface area contributed by atoms with Gasteiger partial charge in [0.1, 0.15) is 0 Å². The van der Waals surface area contributed by atoms with Gasteiger partial charge in [-0.1, -0.05) is 0 Å². The lowest BCUT2D eigenvalue weighted by molar-refractivity contribution is 0.316. The molecule has 0 aliphatic heterocycles. The molecule has 0 bridgehead atoms. The maximum Gasteiger partial charge on any atom is 0.191 e. The summed E-state index contributed by atoms with van der Waals surface area (Å²) in [4.78, 5) is 7.94. The predicted octanol–water partition coefficient (Wildman–Crippen LogP) is -0.554. The van der Waals surface area contributed by atoms with Gasteiger partial charge in [0.25, 0.3) is 0 Å². The molecule has 0 saturated heterocycles. The zero-order chi connectivity index (χ0) is 4.99. The highest BCUT2D eigenvalue weighted by molar-refractivity contribution is 7.38. The molecule has 3 nitrogen and oxygen atoms in total. The van der Waals surface area contributed by atoms with Crippen LogP contribution in [0.2, 0.25) is 0 Å². The van der Waals surface area contributed by atoms with Crippen LogP contribution in [0.3, 0.4) is 0 Å². The number of rotatable bonds is 2. The minimum atomic E-state index is -2.39. The molecule has 0 rings (SSSR count).